The van der Waals surface area contributed by atoms with Gasteiger partial charge in [0.1, 0.15) is 0 Å². The number of rotatable bonds is 5. The van der Waals surface area contributed by atoms with E-state index in [2.05, 4.69) is 30.6 Å². The molecular formula is C12H21ClN2OS. The molecule has 0 radical (unpaired) electrons. The lowest BCUT2D eigenvalue weighted by molar-refractivity contribution is -0.122. The first-order chi connectivity index (χ1) is 7.47. The molecule has 98 valence electrons. The monoisotopic (exact) mass is 276 g/mol. The summed E-state index contributed by atoms with van der Waals surface area (Å²) in [5.41, 5.74) is 5.62. The molecule has 3 N–H and O–H groups in total. The van der Waals surface area contributed by atoms with Crippen LogP contribution < -0.4 is 11.1 Å². The highest BCUT2D eigenvalue weighted by molar-refractivity contribution is 7.10. The molecule has 0 aromatic carbocycles. The SMILES string of the molecule is CC[C@H](N)C(=O)NCC(C)(C)c1cccs1.Cl. The van der Waals surface area contributed by atoms with Crippen LogP contribution in [0.5, 0.6) is 0 Å². The molecule has 0 unspecified atom stereocenters. The lowest BCUT2D eigenvalue weighted by atomic mass is 9.91. The van der Waals surface area contributed by atoms with Gasteiger partial charge >= 0.3 is 0 Å². The highest BCUT2D eigenvalue weighted by atomic mass is 35.5. The fourth-order valence-corrected chi connectivity index (χ4v) is 2.23. The predicted octanol–water partition coefficient (Wildman–Crippen LogP) is 2.30. The van der Waals surface area contributed by atoms with Crippen LogP contribution in [-0.2, 0) is 10.2 Å². The second kappa shape index (κ2) is 6.99. The molecule has 1 aromatic rings. The quantitative estimate of drug-likeness (QED) is 0.867. The Morgan fingerprint density at radius 2 is 2.24 bits per heavy atom. The Bertz CT molecular complexity index is 338. The van der Waals surface area contributed by atoms with E-state index in [0.717, 1.165) is 0 Å². The summed E-state index contributed by atoms with van der Waals surface area (Å²) in [5.74, 6) is -0.0628. The Labute approximate surface area is 113 Å². The van der Waals surface area contributed by atoms with Gasteiger partial charge in [0.15, 0.2) is 0 Å². The molecule has 1 heterocycles. The Hall–Kier alpha value is -0.580. The molecule has 0 aliphatic carbocycles. The maximum absolute atomic E-state index is 11.6. The summed E-state index contributed by atoms with van der Waals surface area (Å²) in [6, 6.07) is 3.73. The van der Waals surface area contributed by atoms with Crippen LogP contribution in [0, 0.1) is 0 Å². The summed E-state index contributed by atoms with van der Waals surface area (Å²) < 4.78 is 0. The van der Waals surface area contributed by atoms with Crippen molar-refractivity contribution in [3.05, 3.63) is 22.4 Å². The molecule has 0 saturated carbocycles. The third-order valence-corrected chi connectivity index (χ3v) is 3.91. The second-order valence-corrected chi connectivity index (χ2v) is 5.54. The molecule has 0 aliphatic rings. The van der Waals surface area contributed by atoms with Crippen LogP contribution in [0.1, 0.15) is 32.1 Å². The number of nitrogens with one attached hydrogen (secondary N) is 1. The molecule has 0 fully saturated rings. The number of carbonyl (C=O) groups is 1. The van der Waals surface area contributed by atoms with Crippen molar-refractivity contribution in [3.63, 3.8) is 0 Å². The summed E-state index contributed by atoms with van der Waals surface area (Å²) >= 11 is 1.71. The summed E-state index contributed by atoms with van der Waals surface area (Å²) in [6.45, 7) is 6.78. The molecule has 5 heteroatoms. The van der Waals surface area contributed by atoms with Gasteiger partial charge in [0.25, 0.3) is 0 Å². The van der Waals surface area contributed by atoms with E-state index in [9.17, 15) is 4.79 Å². The number of hydrogen-bond acceptors (Lipinski definition) is 3. The van der Waals surface area contributed by atoms with Crippen LogP contribution in [0.15, 0.2) is 17.5 Å². The van der Waals surface area contributed by atoms with Gasteiger partial charge in [-0.1, -0.05) is 26.8 Å². The molecule has 0 spiro atoms. The normalized spacial score (nSPS) is 12.7. The minimum Gasteiger partial charge on any atom is -0.354 e. The van der Waals surface area contributed by atoms with Crippen molar-refractivity contribution >= 4 is 29.7 Å². The third-order valence-electron chi connectivity index (χ3n) is 2.67. The molecular weight excluding hydrogens is 256 g/mol. The molecule has 1 amide bonds. The fourth-order valence-electron chi connectivity index (χ4n) is 1.38. The number of amides is 1. The maximum Gasteiger partial charge on any atom is 0.236 e. The van der Waals surface area contributed by atoms with E-state index in [1.807, 2.05) is 13.0 Å². The number of carbonyl (C=O) groups excluding carboxylic acids is 1. The third kappa shape index (κ3) is 4.66. The van der Waals surface area contributed by atoms with E-state index in [-0.39, 0.29) is 29.8 Å². The molecule has 1 atom stereocenters. The molecule has 1 rings (SSSR count). The minimum absolute atomic E-state index is 0. The average molecular weight is 277 g/mol. The Morgan fingerprint density at radius 1 is 1.59 bits per heavy atom. The van der Waals surface area contributed by atoms with Crippen LogP contribution in [0.3, 0.4) is 0 Å². The molecule has 1 aromatic heterocycles. The van der Waals surface area contributed by atoms with Gasteiger partial charge in [0.05, 0.1) is 6.04 Å². The first kappa shape index (κ1) is 16.4. The van der Waals surface area contributed by atoms with Gasteiger partial charge in [0, 0.05) is 16.8 Å². The number of nitrogens with two attached hydrogens (primary N) is 1. The van der Waals surface area contributed by atoms with Crippen molar-refractivity contribution in [1.29, 1.82) is 0 Å². The van der Waals surface area contributed by atoms with Crippen molar-refractivity contribution < 1.29 is 4.79 Å². The summed E-state index contributed by atoms with van der Waals surface area (Å²) in [6.07, 6.45) is 0.672. The first-order valence-electron chi connectivity index (χ1n) is 5.54. The van der Waals surface area contributed by atoms with Crippen LogP contribution in [-0.4, -0.2) is 18.5 Å². The molecule has 17 heavy (non-hydrogen) atoms. The lowest BCUT2D eigenvalue weighted by Crippen LogP contribution is -2.44. The van der Waals surface area contributed by atoms with E-state index in [1.165, 1.54) is 4.88 Å². The Balaban J connectivity index is 0.00000256. The molecule has 3 nitrogen and oxygen atoms in total. The zero-order valence-corrected chi connectivity index (χ0v) is 12.2. The number of thiophene rings is 1. The van der Waals surface area contributed by atoms with E-state index in [1.54, 1.807) is 11.3 Å². The van der Waals surface area contributed by atoms with Crippen molar-refractivity contribution in [2.75, 3.05) is 6.54 Å². The van der Waals surface area contributed by atoms with Gasteiger partial charge in [0.2, 0.25) is 5.91 Å². The largest absolute Gasteiger partial charge is 0.354 e. The molecule has 0 aliphatic heterocycles. The first-order valence-corrected chi connectivity index (χ1v) is 6.42. The van der Waals surface area contributed by atoms with E-state index in [4.69, 9.17) is 5.73 Å². The van der Waals surface area contributed by atoms with Crippen LogP contribution in [0.25, 0.3) is 0 Å². The van der Waals surface area contributed by atoms with Crippen LogP contribution in [0.2, 0.25) is 0 Å². The Kier molecular flexibility index (Phi) is 6.75. The zero-order valence-electron chi connectivity index (χ0n) is 10.5. The van der Waals surface area contributed by atoms with E-state index >= 15 is 0 Å². The lowest BCUT2D eigenvalue weighted by Gasteiger charge is -2.24. The zero-order chi connectivity index (χ0) is 12.2. The maximum atomic E-state index is 11.6. The average Bonchev–Trinajstić information content (AvgIpc) is 2.78. The Morgan fingerprint density at radius 3 is 2.71 bits per heavy atom. The van der Waals surface area contributed by atoms with E-state index < -0.39 is 0 Å². The highest BCUT2D eigenvalue weighted by Gasteiger charge is 2.23. The van der Waals surface area contributed by atoms with Gasteiger partial charge in [-0.25, -0.2) is 0 Å². The number of halogens is 1. The van der Waals surface area contributed by atoms with Crippen molar-refractivity contribution in [3.8, 4) is 0 Å². The van der Waals surface area contributed by atoms with Crippen LogP contribution >= 0.6 is 23.7 Å². The summed E-state index contributed by atoms with van der Waals surface area (Å²) in [5, 5.41) is 4.96. The van der Waals surface area contributed by atoms with Crippen LogP contribution in [0.4, 0.5) is 0 Å². The van der Waals surface area contributed by atoms with Gasteiger partial charge in [-0.2, -0.15) is 0 Å². The highest BCUT2D eigenvalue weighted by Crippen LogP contribution is 2.26. The minimum atomic E-state index is -0.390. The van der Waals surface area contributed by atoms with Gasteiger partial charge in [-0.15, -0.1) is 23.7 Å². The fraction of sp³-hybridized carbons (Fsp3) is 0.583. The van der Waals surface area contributed by atoms with Crippen molar-refractivity contribution in [1.82, 2.24) is 5.32 Å². The van der Waals surface area contributed by atoms with Gasteiger partial charge < -0.3 is 11.1 Å². The smallest absolute Gasteiger partial charge is 0.236 e. The van der Waals surface area contributed by atoms with Crippen molar-refractivity contribution in [2.45, 2.75) is 38.6 Å². The van der Waals surface area contributed by atoms with Crippen molar-refractivity contribution in [2.24, 2.45) is 5.73 Å². The van der Waals surface area contributed by atoms with E-state index in [0.29, 0.717) is 13.0 Å². The summed E-state index contributed by atoms with van der Waals surface area (Å²) in [4.78, 5) is 12.8. The molecule has 0 bridgehead atoms. The van der Waals surface area contributed by atoms with Gasteiger partial charge in [-0.05, 0) is 17.9 Å². The second-order valence-electron chi connectivity index (χ2n) is 4.59. The van der Waals surface area contributed by atoms with Gasteiger partial charge in [-0.3, -0.25) is 4.79 Å². The topological polar surface area (TPSA) is 55.1 Å². The summed E-state index contributed by atoms with van der Waals surface area (Å²) in [7, 11) is 0. The predicted molar refractivity (Wildman–Crippen MR) is 75.9 cm³/mol. The molecule has 0 saturated heterocycles. The standard InChI is InChI=1S/C12H20N2OS.ClH/c1-4-9(13)11(15)14-8-12(2,3)10-6-5-7-16-10;/h5-7,9H,4,8,13H2,1-3H3,(H,14,15);1H/t9-;/m0./s1. The number of hydrogen-bond donors (Lipinski definition) is 2.